The quantitative estimate of drug-likeness (QED) is 0.894. The average Bonchev–Trinajstić information content (AvgIpc) is 2.83. The maximum Gasteiger partial charge on any atom is 0.419 e. The number of anilines is 1. The van der Waals surface area contributed by atoms with Crippen molar-refractivity contribution in [3.05, 3.63) is 23.7 Å². The molecule has 2 N–H and O–H groups in total. The number of nitrogens with zero attached hydrogens (tertiary/aromatic N) is 4. The fourth-order valence-corrected chi connectivity index (χ4v) is 1.70. The largest absolute Gasteiger partial charge is 0.419 e. The van der Waals surface area contributed by atoms with Gasteiger partial charge in [-0.05, 0) is 6.42 Å². The van der Waals surface area contributed by atoms with Crippen LogP contribution in [0.3, 0.4) is 0 Å². The maximum atomic E-state index is 12.5. The van der Waals surface area contributed by atoms with Gasteiger partial charge in [0, 0.05) is 13.2 Å². The highest BCUT2D eigenvalue weighted by Gasteiger charge is 2.32. The zero-order chi connectivity index (χ0) is 13.5. The van der Waals surface area contributed by atoms with E-state index in [-0.39, 0.29) is 0 Å². The summed E-state index contributed by atoms with van der Waals surface area (Å²) >= 11 is 0. The van der Waals surface area contributed by atoms with E-state index in [1.165, 1.54) is 4.68 Å². The third-order valence-corrected chi connectivity index (χ3v) is 2.59. The van der Waals surface area contributed by atoms with Crippen LogP contribution in [0.15, 0.2) is 12.4 Å². The highest BCUT2D eigenvalue weighted by molar-refractivity contribution is 5.57. The average molecular weight is 259 g/mol. The first-order valence-corrected chi connectivity index (χ1v) is 5.28. The summed E-state index contributed by atoms with van der Waals surface area (Å²) in [5.41, 5.74) is 6.00. The van der Waals surface area contributed by atoms with Crippen molar-refractivity contribution in [3.63, 3.8) is 0 Å². The zero-order valence-corrected chi connectivity index (χ0v) is 9.86. The molecule has 2 rings (SSSR count). The van der Waals surface area contributed by atoms with E-state index in [0.29, 0.717) is 23.6 Å². The molecule has 0 radical (unpaired) electrons. The van der Waals surface area contributed by atoms with Gasteiger partial charge in [-0.1, -0.05) is 6.92 Å². The lowest BCUT2D eigenvalue weighted by Gasteiger charge is -2.03. The summed E-state index contributed by atoms with van der Waals surface area (Å²) < 4.78 is 40.0. The first-order chi connectivity index (χ1) is 8.34. The lowest BCUT2D eigenvalue weighted by Crippen LogP contribution is -2.06. The van der Waals surface area contributed by atoms with E-state index in [1.54, 1.807) is 7.05 Å². The summed E-state index contributed by atoms with van der Waals surface area (Å²) in [6.07, 6.45) is -2.16. The number of nitrogen functional groups attached to an aromatic ring is 1. The molecular weight excluding hydrogens is 247 g/mol. The van der Waals surface area contributed by atoms with Crippen LogP contribution in [-0.2, 0) is 19.6 Å². The molecule has 0 saturated heterocycles. The van der Waals surface area contributed by atoms with Crippen molar-refractivity contribution in [3.8, 4) is 5.82 Å². The normalized spacial score (nSPS) is 12.1. The number of aromatic nitrogens is 4. The number of alkyl halides is 3. The Labute approximate surface area is 101 Å². The smallest absolute Gasteiger partial charge is 0.394 e. The van der Waals surface area contributed by atoms with Gasteiger partial charge in [0.25, 0.3) is 0 Å². The highest BCUT2D eigenvalue weighted by atomic mass is 19.4. The van der Waals surface area contributed by atoms with Crippen molar-refractivity contribution in [2.45, 2.75) is 19.5 Å². The van der Waals surface area contributed by atoms with E-state index in [2.05, 4.69) is 10.2 Å². The molecule has 18 heavy (non-hydrogen) atoms. The van der Waals surface area contributed by atoms with Crippen LogP contribution >= 0.6 is 0 Å². The van der Waals surface area contributed by atoms with Gasteiger partial charge < -0.3 is 5.73 Å². The van der Waals surface area contributed by atoms with Crippen LogP contribution < -0.4 is 5.73 Å². The van der Waals surface area contributed by atoms with Crippen LogP contribution in [0, 0.1) is 0 Å². The van der Waals surface area contributed by atoms with Crippen LogP contribution in [0.2, 0.25) is 0 Å². The van der Waals surface area contributed by atoms with Gasteiger partial charge in [0.05, 0.1) is 17.5 Å². The Morgan fingerprint density at radius 2 is 2.06 bits per heavy atom. The van der Waals surface area contributed by atoms with Crippen LogP contribution in [0.4, 0.5) is 18.9 Å². The molecule has 0 aliphatic carbocycles. The first-order valence-electron chi connectivity index (χ1n) is 5.28. The fraction of sp³-hybridized carbons (Fsp3) is 0.400. The van der Waals surface area contributed by atoms with Gasteiger partial charge in [-0.15, -0.1) is 0 Å². The number of hydrogen-bond acceptors (Lipinski definition) is 3. The van der Waals surface area contributed by atoms with Crippen molar-refractivity contribution in [2.75, 3.05) is 5.73 Å². The lowest BCUT2D eigenvalue weighted by atomic mass is 10.3. The lowest BCUT2D eigenvalue weighted by molar-refractivity contribution is -0.137. The molecule has 0 aliphatic heterocycles. The van der Waals surface area contributed by atoms with E-state index in [4.69, 9.17) is 5.73 Å². The third-order valence-electron chi connectivity index (χ3n) is 2.59. The molecule has 0 saturated carbocycles. The molecule has 2 aromatic rings. The number of hydrogen-bond donors (Lipinski definition) is 1. The van der Waals surface area contributed by atoms with Gasteiger partial charge in [-0.3, -0.25) is 0 Å². The summed E-state index contributed by atoms with van der Waals surface area (Å²) in [6.45, 7) is 1.87. The number of aryl methyl sites for hydroxylation is 2. The van der Waals surface area contributed by atoms with Crippen LogP contribution in [0.25, 0.3) is 5.82 Å². The second kappa shape index (κ2) is 4.04. The highest BCUT2D eigenvalue weighted by Crippen LogP contribution is 2.30. The molecule has 2 heterocycles. The minimum atomic E-state index is -4.42. The minimum absolute atomic E-state index is 0.336. The summed E-state index contributed by atoms with van der Waals surface area (Å²) in [5.74, 6) is 0.336. The summed E-state index contributed by atoms with van der Waals surface area (Å²) in [5, 5.41) is 7.80. The van der Waals surface area contributed by atoms with E-state index >= 15 is 0 Å². The SMILES string of the molecule is CCc1nn(C)c(-n2cc(C(F)(F)F)cn2)c1N. The summed E-state index contributed by atoms with van der Waals surface area (Å²) in [7, 11) is 1.61. The topological polar surface area (TPSA) is 61.7 Å². The molecule has 0 unspecified atom stereocenters. The van der Waals surface area contributed by atoms with Crippen LogP contribution in [0.1, 0.15) is 18.2 Å². The first kappa shape index (κ1) is 12.5. The van der Waals surface area contributed by atoms with Crippen molar-refractivity contribution in [1.82, 2.24) is 19.6 Å². The van der Waals surface area contributed by atoms with E-state index in [9.17, 15) is 13.2 Å². The third kappa shape index (κ3) is 1.93. The van der Waals surface area contributed by atoms with Crippen LogP contribution in [-0.4, -0.2) is 19.6 Å². The Bertz CT molecular complexity index is 567. The molecule has 0 spiro atoms. The molecule has 0 amide bonds. The van der Waals surface area contributed by atoms with Gasteiger partial charge in [0.1, 0.15) is 5.69 Å². The Morgan fingerprint density at radius 3 is 2.50 bits per heavy atom. The van der Waals surface area contributed by atoms with Gasteiger partial charge in [-0.25, -0.2) is 9.36 Å². The molecule has 98 valence electrons. The zero-order valence-electron chi connectivity index (χ0n) is 9.86. The number of rotatable bonds is 2. The Balaban J connectivity index is 2.50. The predicted octanol–water partition coefficient (Wildman–Crippen LogP) is 1.77. The van der Waals surface area contributed by atoms with E-state index < -0.39 is 11.7 Å². The van der Waals surface area contributed by atoms with Crippen molar-refractivity contribution < 1.29 is 13.2 Å². The van der Waals surface area contributed by atoms with Crippen LogP contribution in [0.5, 0.6) is 0 Å². The predicted molar refractivity (Wildman–Crippen MR) is 59.1 cm³/mol. The maximum absolute atomic E-state index is 12.5. The molecule has 2 aromatic heterocycles. The van der Waals surface area contributed by atoms with Crippen molar-refractivity contribution >= 4 is 5.69 Å². The number of halogens is 3. The molecular formula is C10H12F3N5. The van der Waals surface area contributed by atoms with Gasteiger partial charge in [0.15, 0.2) is 5.82 Å². The molecule has 8 heteroatoms. The van der Waals surface area contributed by atoms with Crippen molar-refractivity contribution in [2.24, 2.45) is 7.05 Å². The Morgan fingerprint density at radius 1 is 1.39 bits per heavy atom. The van der Waals surface area contributed by atoms with E-state index in [0.717, 1.165) is 17.1 Å². The van der Waals surface area contributed by atoms with Crippen molar-refractivity contribution in [1.29, 1.82) is 0 Å². The Hall–Kier alpha value is -1.99. The monoisotopic (exact) mass is 259 g/mol. The Kier molecular flexibility index (Phi) is 2.80. The second-order valence-electron chi connectivity index (χ2n) is 3.83. The molecule has 5 nitrogen and oxygen atoms in total. The van der Waals surface area contributed by atoms with Gasteiger partial charge in [0.2, 0.25) is 0 Å². The summed E-state index contributed by atoms with van der Waals surface area (Å²) in [6, 6.07) is 0. The molecule has 0 aromatic carbocycles. The second-order valence-corrected chi connectivity index (χ2v) is 3.83. The fourth-order valence-electron chi connectivity index (χ4n) is 1.70. The molecule has 0 bridgehead atoms. The van der Waals surface area contributed by atoms with Gasteiger partial charge >= 0.3 is 6.18 Å². The number of nitrogens with two attached hydrogens (primary N) is 1. The standard InChI is InChI=1S/C10H12F3N5/c1-3-7-8(14)9(17(2)16-7)18-5-6(4-15-18)10(11,12)13/h4-5H,3,14H2,1-2H3. The summed E-state index contributed by atoms with van der Waals surface area (Å²) in [4.78, 5) is 0. The minimum Gasteiger partial charge on any atom is -0.394 e. The molecule has 0 aliphatic rings. The van der Waals surface area contributed by atoms with E-state index in [1.807, 2.05) is 6.92 Å². The van der Waals surface area contributed by atoms with Gasteiger partial charge in [-0.2, -0.15) is 23.4 Å². The molecule has 0 atom stereocenters. The molecule has 0 fully saturated rings.